The summed E-state index contributed by atoms with van der Waals surface area (Å²) >= 11 is 0. The molecule has 0 aromatic carbocycles. The molecule has 1 atom stereocenters. The average Bonchev–Trinajstić information content (AvgIpc) is 3.11. The van der Waals surface area contributed by atoms with E-state index in [1.807, 2.05) is 6.20 Å². The number of aliphatic imine (C=N–C) groups is 1. The van der Waals surface area contributed by atoms with Crippen LogP contribution in [-0.4, -0.2) is 72.2 Å². The molecular formula is C20H32N6O. The van der Waals surface area contributed by atoms with Gasteiger partial charge in [-0.1, -0.05) is 6.07 Å². The second-order valence-electron chi connectivity index (χ2n) is 7.05. The minimum absolute atomic E-state index is 0.422. The van der Waals surface area contributed by atoms with Crippen LogP contribution in [0.2, 0.25) is 0 Å². The van der Waals surface area contributed by atoms with Gasteiger partial charge in [0.15, 0.2) is 5.96 Å². The number of fused-ring (bicyclic) bond motifs is 1. The maximum Gasteiger partial charge on any atom is 0.191 e. The summed E-state index contributed by atoms with van der Waals surface area (Å²) in [6.07, 6.45) is 5.02. The molecule has 7 nitrogen and oxygen atoms in total. The van der Waals surface area contributed by atoms with Crippen molar-refractivity contribution in [1.82, 2.24) is 24.9 Å². The first-order valence-electron chi connectivity index (χ1n) is 9.94. The SMILES string of the molecule is CCNC(=NCC(C)N1CCOCC1)NCCc1cn2cccc(C)c2n1. The smallest absolute Gasteiger partial charge is 0.191 e. The van der Waals surface area contributed by atoms with Crippen LogP contribution in [0, 0.1) is 6.92 Å². The Morgan fingerprint density at radius 3 is 2.89 bits per heavy atom. The summed E-state index contributed by atoms with van der Waals surface area (Å²) in [4.78, 5) is 11.9. The molecule has 27 heavy (non-hydrogen) atoms. The second-order valence-corrected chi connectivity index (χ2v) is 7.05. The van der Waals surface area contributed by atoms with Crippen molar-refractivity contribution in [2.75, 3.05) is 45.9 Å². The summed E-state index contributed by atoms with van der Waals surface area (Å²) in [5, 5.41) is 6.77. The van der Waals surface area contributed by atoms with Gasteiger partial charge in [0.25, 0.3) is 0 Å². The van der Waals surface area contributed by atoms with E-state index < -0.39 is 0 Å². The Morgan fingerprint density at radius 1 is 1.33 bits per heavy atom. The average molecular weight is 373 g/mol. The van der Waals surface area contributed by atoms with Crippen molar-refractivity contribution in [1.29, 1.82) is 0 Å². The van der Waals surface area contributed by atoms with Crippen LogP contribution in [0.1, 0.15) is 25.1 Å². The fourth-order valence-electron chi connectivity index (χ4n) is 3.33. The third-order valence-electron chi connectivity index (χ3n) is 4.93. The number of nitrogens with zero attached hydrogens (tertiary/aromatic N) is 4. The molecule has 1 fully saturated rings. The summed E-state index contributed by atoms with van der Waals surface area (Å²) in [6.45, 7) is 12.5. The Hall–Kier alpha value is -2.12. The third-order valence-corrected chi connectivity index (χ3v) is 4.93. The molecule has 0 bridgehead atoms. The number of rotatable bonds is 7. The predicted molar refractivity (Wildman–Crippen MR) is 109 cm³/mol. The first-order chi connectivity index (χ1) is 13.2. The molecule has 1 unspecified atom stereocenters. The predicted octanol–water partition coefficient (Wildman–Crippen LogP) is 1.46. The Bertz CT molecular complexity index is 750. The van der Waals surface area contributed by atoms with Gasteiger partial charge >= 0.3 is 0 Å². The van der Waals surface area contributed by atoms with E-state index in [0.29, 0.717) is 6.04 Å². The van der Waals surface area contributed by atoms with Gasteiger partial charge in [0.05, 0.1) is 25.5 Å². The topological polar surface area (TPSA) is 66.2 Å². The number of hydrogen-bond acceptors (Lipinski definition) is 4. The lowest BCUT2D eigenvalue weighted by molar-refractivity contribution is 0.0220. The standard InChI is InChI=1S/C20H32N6O/c1-4-21-20(23-14-17(3)25-10-12-27-13-11-25)22-8-7-18-15-26-9-5-6-16(2)19(26)24-18/h5-6,9,15,17H,4,7-8,10-14H2,1-3H3,(H2,21,22,23). The van der Waals surface area contributed by atoms with Gasteiger partial charge in [0, 0.05) is 51.0 Å². The molecule has 2 aromatic heterocycles. The van der Waals surface area contributed by atoms with Gasteiger partial charge in [-0.2, -0.15) is 0 Å². The van der Waals surface area contributed by atoms with Gasteiger partial charge in [0.1, 0.15) is 5.65 Å². The molecule has 0 amide bonds. The number of pyridine rings is 1. The van der Waals surface area contributed by atoms with Crippen LogP contribution in [0.25, 0.3) is 5.65 Å². The first-order valence-corrected chi connectivity index (χ1v) is 9.94. The van der Waals surface area contributed by atoms with Gasteiger partial charge in [0.2, 0.25) is 0 Å². The maximum atomic E-state index is 5.43. The number of hydrogen-bond donors (Lipinski definition) is 2. The number of imidazole rings is 1. The van der Waals surface area contributed by atoms with E-state index in [0.717, 1.165) is 69.7 Å². The molecule has 0 aliphatic carbocycles. The zero-order valence-electron chi connectivity index (χ0n) is 16.7. The lowest BCUT2D eigenvalue weighted by atomic mass is 10.2. The van der Waals surface area contributed by atoms with Crippen molar-refractivity contribution in [3.8, 4) is 0 Å². The van der Waals surface area contributed by atoms with Crippen LogP contribution in [0.15, 0.2) is 29.5 Å². The monoisotopic (exact) mass is 372 g/mol. The number of nitrogens with one attached hydrogen (secondary N) is 2. The van der Waals surface area contributed by atoms with Crippen LogP contribution in [-0.2, 0) is 11.2 Å². The summed E-state index contributed by atoms with van der Waals surface area (Å²) in [6, 6.07) is 4.57. The molecule has 148 valence electrons. The highest BCUT2D eigenvalue weighted by molar-refractivity contribution is 5.79. The van der Waals surface area contributed by atoms with Crippen molar-refractivity contribution in [3.63, 3.8) is 0 Å². The highest BCUT2D eigenvalue weighted by atomic mass is 16.5. The number of morpholine rings is 1. The zero-order valence-corrected chi connectivity index (χ0v) is 16.7. The van der Waals surface area contributed by atoms with Gasteiger partial charge < -0.3 is 19.8 Å². The Balaban J connectivity index is 1.51. The van der Waals surface area contributed by atoms with E-state index in [9.17, 15) is 0 Å². The Labute approximate surface area is 161 Å². The molecular weight excluding hydrogens is 340 g/mol. The van der Waals surface area contributed by atoms with E-state index >= 15 is 0 Å². The van der Waals surface area contributed by atoms with E-state index in [-0.39, 0.29) is 0 Å². The molecule has 0 radical (unpaired) electrons. The van der Waals surface area contributed by atoms with Gasteiger partial charge in [-0.3, -0.25) is 9.89 Å². The molecule has 1 saturated heterocycles. The minimum Gasteiger partial charge on any atom is -0.379 e. The fourth-order valence-corrected chi connectivity index (χ4v) is 3.33. The highest BCUT2D eigenvalue weighted by Crippen LogP contribution is 2.10. The van der Waals surface area contributed by atoms with E-state index in [1.165, 1.54) is 5.56 Å². The van der Waals surface area contributed by atoms with Gasteiger partial charge in [-0.25, -0.2) is 4.98 Å². The van der Waals surface area contributed by atoms with Crippen molar-refractivity contribution < 1.29 is 4.74 Å². The van der Waals surface area contributed by atoms with Crippen LogP contribution >= 0.6 is 0 Å². The molecule has 3 rings (SSSR count). The number of aryl methyl sites for hydroxylation is 1. The quantitative estimate of drug-likeness (QED) is 0.569. The molecule has 7 heteroatoms. The number of ether oxygens (including phenoxy) is 1. The molecule has 1 aliphatic heterocycles. The lowest BCUT2D eigenvalue weighted by Crippen LogP contribution is -2.44. The lowest BCUT2D eigenvalue weighted by Gasteiger charge is -2.31. The highest BCUT2D eigenvalue weighted by Gasteiger charge is 2.16. The largest absolute Gasteiger partial charge is 0.379 e. The summed E-state index contributed by atoms with van der Waals surface area (Å²) in [7, 11) is 0. The Kier molecular flexibility index (Phi) is 7.06. The van der Waals surface area contributed by atoms with Gasteiger partial charge in [-0.05, 0) is 32.4 Å². The molecule has 0 saturated carbocycles. The van der Waals surface area contributed by atoms with E-state index in [2.05, 4.69) is 59.0 Å². The van der Waals surface area contributed by atoms with Gasteiger partial charge in [-0.15, -0.1) is 0 Å². The van der Waals surface area contributed by atoms with Crippen LogP contribution < -0.4 is 10.6 Å². The number of guanidine groups is 1. The fraction of sp³-hybridized carbons (Fsp3) is 0.600. The van der Waals surface area contributed by atoms with Crippen molar-refractivity contribution in [2.24, 2.45) is 4.99 Å². The van der Waals surface area contributed by atoms with Crippen LogP contribution in [0.5, 0.6) is 0 Å². The normalized spacial score (nSPS) is 17.2. The summed E-state index contributed by atoms with van der Waals surface area (Å²) in [5.41, 5.74) is 3.32. The van der Waals surface area contributed by atoms with Crippen LogP contribution in [0.3, 0.4) is 0 Å². The molecule has 1 aliphatic rings. The molecule has 0 spiro atoms. The summed E-state index contributed by atoms with van der Waals surface area (Å²) < 4.78 is 7.52. The van der Waals surface area contributed by atoms with E-state index in [4.69, 9.17) is 14.7 Å². The van der Waals surface area contributed by atoms with E-state index in [1.54, 1.807) is 0 Å². The number of aromatic nitrogens is 2. The Morgan fingerprint density at radius 2 is 2.15 bits per heavy atom. The van der Waals surface area contributed by atoms with Crippen molar-refractivity contribution in [3.05, 3.63) is 35.8 Å². The first kappa shape index (κ1) is 19.6. The molecule has 3 heterocycles. The maximum absolute atomic E-state index is 5.43. The van der Waals surface area contributed by atoms with Crippen molar-refractivity contribution >= 4 is 11.6 Å². The third kappa shape index (κ3) is 5.43. The van der Waals surface area contributed by atoms with Crippen molar-refractivity contribution in [2.45, 2.75) is 33.2 Å². The van der Waals surface area contributed by atoms with Crippen LogP contribution in [0.4, 0.5) is 0 Å². The second kappa shape index (κ2) is 9.71. The molecule has 2 aromatic rings. The minimum atomic E-state index is 0.422. The zero-order chi connectivity index (χ0) is 19.1. The molecule has 2 N–H and O–H groups in total. The summed E-state index contributed by atoms with van der Waals surface area (Å²) in [5.74, 6) is 0.873.